The van der Waals surface area contributed by atoms with Gasteiger partial charge in [0.15, 0.2) is 0 Å². The van der Waals surface area contributed by atoms with Gasteiger partial charge in [0.25, 0.3) is 5.56 Å². The highest BCUT2D eigenvalue weighted by Crippen LogP contribution is 2.12. The summed E-state index contributed by atoms with van der Waals surface area (Å²) >= 11 is 0. The number of pyridine rings is 2. The van der Waals surface area contributed by atoms with Crippen molar-refractivity contribution in [2.45, 2.75) is 13.5 Å². The lowest BCUT2D eigenvalue weighted by atomic mass is 10.3. The van der Waals surface area contributed by atoms with Crippen LogP contribution in [0.5, 0.6) is 0 Å². The lowest BCUT2D eigenvalue weighted by Crippen LogP contribution is -2.36. The summed E-state index contributed by atoms with van der Waals surface area (Å²) in [7, 11) is 0. The van der Waals surface area contributed by atoms with Crippen molar-refractivity contribution < 1.29 is 4.79 Å². The predicted molar refractivity (Wildman–Crippen MR) is 77.4 cm³/mol. The van der Waals surface area contributed by atoms with E-state index in [0.717, 1.165) is 5.69 Å². The molecule has 2 aromatic rings. The van der Waals surface area contributed by atoms with E-state index in [1.54, 1.807) is 29.4 Å². The van der Waals surface area contributed by atoms with Crippen molar-refractivity contribution in [3.8, 4) is 0 Å². The number of carbonyl (C=O) groups is 1. The van der Waals surface area contributed by atoms with Crippen molar-refractivity contribution in [2.75, 3.05) is 17.2 Å². The molecule has 0 saturated carbocycles. The van der Waals surface area contributed by atoms with Gasteiger partial charge in [-0.1, -0.05) is 0 Å². The van der Waals surface area contributed by atoms with Crippen LogP contribution in [0.1, 0.15) is 6.92 Å². The average Bonchev–Trinajstić information content (AvgIpc) is 2.45. The Bertz CT molecular complexity index is 652. The van der Waals surface area contributed by atoms with Crippen LogP contribution in [0.4, 0.5) is 11.4 Å². The van der Waals surface area contributed by atoms with Gasteiger partial charge >= 0.3 is 0 Å². The Hall–Kier alpha value is -2.63. The number of carbonyl (C=O) groups excluding carboxylic acids is 1. The highest BCUT2D eigenvalue weighted by Gasteiger charge is 2.14. The van der Waals surface area contributed by atoms with E-state index >= 15 is 0 Å². The van der Waals surface area contributed by atoms with E-state index in [2.05, 4.69) is 4.98 Å². The summed E-state index contributed by atoms with van der Waals surface area (Å²) in [4.78, 5) is 29.5. The molecule has 0 bridgehead atoms. The number of likely N-dealkylation sites (N-methyl/N-ethyl adjacent to an activating group) is 1. The van der Waals surface area contributed by atoms with Gasteiger partial charge < -0.3 is 15.2 Å². The minimum absolute atomic E-state index is 0.0416. The van der Waals surface area contributed by atoms with Crippen molar-refractivity contribution >= 4 is 17.3 Å². The highest BCUT2D eigenvalue weighted by molar-refractivity contribution is 5.93. The molecule has 0 aliphatic rings. The molecule has 104 valence electrons. The fraction of sp³-hybridized carbons (Fsp3) is 0.214. The third-order valence-electron chi connectivity index (χ3n) is 2.90. The first kappa shape index (κ1) is 13.8. The standard InChI is InChI=1S/C14H16N4O2/c1-2-18(12-5-7-16-8-6-12)14(20)10-17-9-11(15)3-4-13(17)19/h3-9H,2,10,15H2,1H3. The maximum atomic E-state index is 12.3. The molecule has 0 saturated heterocycles. The Morgan fingerprint density at radius 3 is 2.65 bits per heavy atom. The van der Waals surface area contributed by atoms with Crippen LogP contribution in [0.3, 0.4) is 0 Å². The van der Waals surface area contributed by atoms with Crippen molar-refractivity contribution in [2.24, 2.45) is 0 Å². The molecule has 6 heteroatoms. The van der Waals surface area contributed by atoms with Crippen LogP contribution in [0.25, 0.3) is 0 Å². The number of hydrogen-bond donors (Lipinski definition) is 1. The van der Waals surface area contributed by atoms with Gasteiger partial charge in [0, 0.05) is 42.6 Å². The number of amides is 1. The van der Waals surface area contributed by atoms with E-state index in [9.17, 15) is 9.59 Å². The van der Waals surface area contributed by atoms with E-state index < -0.39 is 0 Å². The molecule has 0 fully saturated rings. The predicted octanol–water partition coefficient (Wildman–Crippen LogP) is 0.879. The van der Waals surface area contributed by atoms with Gasteiger partial charge in [-0.15, -0.1) is 0 Å². The second kappa shape index (κ2) is 6.01. The molecule has 6 nitrogen and oxygen atoms in total. The van der Waals surface area contributed by atoms with Crippen molar-refractivity contribution in [3.63, 3.8) is 0 Å². The Morgan fingerprint density at radius 2 is 2.00 bits per heavy atom. The summed E-state index contributed by atoms with van der Waals surface area (Å²) in [6, 6.07) is 6.38. The zero-order chi connectivity index (χ0) is 14.5. The second-order valence-electron chi connectivity index (χ2n) is 4.27. The summed E-state index contributed by atoms with van der Waals surface area (Å²) in [6.45, 7) is 2.35. The molecule has 0 unspecified atom stereocenters. The first-order valence-electron chi connectivity index (χ1n) is 6.28. The minimum atomic E-state index is -0.252. The van der Waals surface area contributed by atoms with Gasteiger partial charge in [0.05, 0.1) is 0 Å². The van der Waals surface area contributed by atoms with Crippen LogP contribution in [-0.2, 0) is 11.3 Å². The van der Waals surface area contributed by atoms with Crippen LogP contribution in [0.15, 0.2) is 47.7 Å². The number of hydrogen-bond acceptors (Lipinski definition) is 4. The van der Waals surface area contributed by atoms with E-state index in [1.165, 1.54) is 22.9 Å². The lowest BCUT2D eigenvalue weighted by molar-refractivity contribution is -0.119. The first-order chi connectivity index (χ1) is 9.61. The molecule has 1 amide bonds. The monoisotopic (exact) mass is 272 g/mol. The van der Waals surface area contributed by atoms with Crippen LogP contribution in [0, 0.1) is 0 Å². The number of anilines is 2. The average molecular weight is 272 g/mol. The molecule has 2 heterocycles. The van der Waals surface area contributed by atoms with Gasteiger partial charge in [0.2, 0.25) is 5.91 Å². The molecule has 0 atom stereocenters. The Morgan fingerprint density at radius 1 is 1.30 bits per heavy atom. The maximum absolute atomic E-state index is 12.3. The lowest BCUT2D eigenvalue weighted by Gasteiger charge is -2.21. The smallest absolute Gasteiger partial charge is 0.251 e. The molecule has 2 aromatic heterocycles. The fourth-order valence-corrected chi connectivity index (χ4v) is 1.93. The normalized spacial score (nSPS) is 10.2. The minimum Gasteiger partial charge on any atom is -0.398 e. The molecular weight excluding hydrogens is 256 g/mol. The third kappa shape index (κ3) is 3.03. The van der Waals surface area contributed by atoms with Crippen molar-refractivity contribution in [3.05, 3.63) is 53.2 Å². The van der Waals surface area contributed by atoms with Crippen molar-refractivity contribution in [1.29, 1.82) is 0 Å². The molecule has 20 heavy (non-hydrogen) atoms. The van der Waals surface area contributed by atoms with Gasteiger partial charge in [-0.3, -0.25) is 14.6 Å². The topological polar surface area (TPSA) is 81.2 Å². The summed E-state index contributed by atoms with van der Waals surface area (Å²) in [5.41, 5.74) is 6.58. The van der Waals surface area contributed by atoms with Crippen LogP contribution in [0.2, 0.25) is 0 Å². The quantitative estimate of drug-likeness (QED) is 0.895. The Kier molecular flexibility index (Phi) is 4.14. The summed E-state index contributed by atoms with van der Waals surface area (Å²) < 4.78 is 1.31. The van der Waals surface area contributed by atoms with E-state index in [4.69, 9.17) is 5.73 Å². The molecule has 0 spiro atoms. The zero-order valence-electron chi connectivity index (χ0n) is 11.2. The van der Waals surface area contributed by atoms with E-state index in [1.807, 2.05) is 6.92 Å². The number of nitrogens with zero attached hydrogens (tertiary/aromatic N) is 3. The fourth-order valence-electron chi connectivity index (χ4n) is 1.93. The maximum Gasteiger partial charge on any atom is 0.251 e. The number of nitrogens with two attached hydrogens (primary N) is 1. The molecule has 0 aliphatic carbocycles. The van der Waals surface area contributed by atoms with Crippen LogP contribution < -0.4 is 16.2 Å². The molecule has 2 N–H and O–H groups in total. The SMILES string of the molecule is CCN(C(=O)Cn1cc(N)ccc1=O)c1ccncc1. The first-order valence-corrected chi connectivity index (χ1v) is 6.28. The molecular formula is C14H16N4O2. The molecule has 0 aliphatic heterocycles. The van der Waals surface area contributed by atoms with Crippen LogP contribution in [-0.4, -0.2) is 22.0 Å². The van der Waals surface area contributed by atoms with Crippen LogP contribution >= 0.6 is 0 Å². The third-order valence-corrected chi connectivity index (χ3v) is 2.90. The van der Waals surface area contributed by atoms with E-state index in [0.29, 0.717) is 12.2 Å². The van der Waals surface area contributed by atoms with Gasteiger partial charge in [-0.2, -0.15) is 0 Å². The number of aromatic nitrogens is 2. The Labute approximate surface area is 116 Å². The molecule has 0 aromatic carbocycles. The second-order valence-corrected chi connectivity index (χ2v) is 4.27. The number of rotatable bonds is 4. The Balaban J connectivity index is 2.22. The summed E-state index contributed by atoms with van der Waals surface area (Å²) in [6.07, 6.45) is 4.72. The van der Waals surface area contributed by atoms with Gasteiger partial charge in [0.1, 0.15) is 6.54 Å². The zero-order valence-corrected chi connectivity index (χ0v) is 11.2. The van der Waals surface area contributed by atoms with E-state index in [-0.39, 0.29) is 18.0 Å². The number of nitrogen functional groups attached to an aromatic ring is 1. The van der Waals surface area contributed by atoms with Gasteiger partial charge in [-0.25, -0.2) is 0 Å². The van der Waals surface area contributed by atoms with Gasteiger partial charge in [-0.05, 0) is 25.1 Å². The summed E-state index contributed by atoms with van der Waals surface area (Å²) in [5, 5.41) is 0. The molecule has 2 rings (SSSR count). The molecule has 0 radical (unpaired) electrons. The largest absolute Gasteiger partial charge is 0.398 e. The summed E-state index contributed by atoms with van der Waals surface area (Å²) in [5.74, 6) is -0.175. The van der Waals surface area contributed by atoms with Crippen molar-refractivity contribution in [1.82, 2.24) is 9.55 Å². The highest BCUT2D eigenvalue weighted by atomic mass is 16.2.